The maximum atomic E-state index is 12.3. The number of rotatable bonds is 6. The van der Waals surface area contributed by atoms with E-state index < -0.39 is 24.3 Å². The number of carbonyl (C=O) groups excluding carboxylic acids is 2. The molecule has 0 aliphatic heterocycles. The van der Waals surface area contributed by atoms with Gasteiger partial charge in [-0.05, 0) is 35.9 Å². The SMILES string of the molecule is O=C(O)CNC(=O)/C(=C/c1cccc(Br)c1)NC(=O)c1ccccc1. The molecule has 7 heteroatoms. The molecule has 0 aliphatic carbocycles. The van der Waals surface area contributed by atoms with E-state index >= 15 is 0 Å². The number of carboxylic acids is 1. The highest BCUT2D eigenvalue weighted by Crippen LogP contribution is 2.14. The fourth-order valence-corrected chi connectivity index (χ4v) is 2.37. The van der Waals surface area contributed by atoms with E-state index in [1.54, 1.807) is 48.5 Å². The van der Waals surface area contributed by atoms with E-state index in [1.807, 2.05) is 6.07 Å². The Morgan fingerprint density at radius 3 is 2.40 bits per heavy atom. The minimum Gasteiger partial charge on any atom is -0.480 e. The van der Waals surface area contributed by atoms with Crippen molar-refractivity contribution in [3.8, 4) is 0 Å². The zero-order valence-corrected chi connectivity index (χ0v) is 14.6. The minimum absolute atomic E-state index is 0.0480. The van der Waals surface area contributed by atoms with Crippen molar-refractivity contribution < 1.29 is 19.5 Å². The van der Waals surface area contributed by atoms with Gasteiger partial charge in [-0.15, -0.1) is 0 Å². The summed E-state index contributed by atoms with van der Waals surface area (Å²) in [6.45, 7) is -0.546. The number of carbonyl (C=O) groups is 3. The fourth-order valence-electron chi connectivity index (χ4n) is 1.96. The average molecular weight is 403 g/mol. The van der Waals surface area contributed by atoms with Gasteiger partial charge in [0.15, 0.2) is 0 Å². The molecular formula is C18H15BrN2O4. The normalized spacial score (nSPS) is 10.8. The Morgan fingerprint density at radius 1 is 1.04 bits per heavy atom. The number of carboxylic acid groups (broad SMARTS) is 1. The zero-order valence-electron chi connectivity index (χ0n) is 13.0. The van der Waals surface area contributed by atoms with Crippen LogP contribution < -0.4 is 10.6 Å². The lowest BCUT2D eigenvalue weighted by molar-refractivity contribution is -0.137. The molecule has 0 saturated carbocycles. The highest BCUT2D eigenvalue weighted by Gasteiger charge is 2.15. The molecule has 0 bridgehead atoms. The van der Waals surface area contributed by atoms with Gasteiger partial charge in [-0.25, -0.2) is 0 Å². The van der Waals surface area contributed by atoms with Crippen LogP contribution in [0.3, 0.4) is 0 Å². The fraction of sp³-hybridized carbons (Fsp3) is 0.0556. The molecule has 128 valence electrons. The van der Waals surface area contributed by atoms with Crippen molar-refractivity contribution in [1.82, 2.24) is 10.6 Å². The molecule has 3 N–H and O–H groups in total. The van der Waals surface area contributed by atoms with Crippen LogP contribution in [0.5, 0.6) is 0 Å². The van der Waals surface area contributed by atoms with Crippen molar-refractivity contribution in [1.29, 1.82) is 0 Å². The number of hydrogen-bond donors (Lipinski definition) is 3. The van der Waals surface area contributed by atoms with Crippen LogP contribution in [-0.4, -0.2) is 29.4 Å². The minimum atomic E-state index is -1.18. The van der Waals surface area contributed by atoms with Crippen LogP contribution in [0, 0.1) is 0 Å². The van der Waals surface area contributed by atoms with Gasteiger partial charge in [-0.3, -0.25) is 14.4 Å². The van der Waals surface area contributed by atoms with Crippen molar-refractivity contribution >= 4 is 39.8 Å². The van der Waals surface area contributed by atoms with E-state index in [2.05, 4.69) is 26.6 Å². The van der Waals surface area contributed by atoms with Gasteiger partial charge in [0.05, 0.1) is 0 Å². The molecule has 0 atom stereocenters. The first-order valence-corrected chi connectivity index (χ1v) is 8.08. The number of benzene rings is 2. The zero-order chi connectivity index (χ0) is 18.2. The third-order valence-electron chi connectivity index (χ3n) is 3.09. The Balaban J connectivity index is 2.26. The molecule has 25 heavy (non-hydrogen) atoms. The van der Waals surface area contributed by atoms with Crippen molar-refractivity contribution in [3.63, 3.8) is 0 Å². The Kier molecular flexibility index (Phi) is 6.47. The van der Waals surface area contributed by atoms with Gasteiger partial charge in [0.25, 0.3) is 11.8 Å². The van der Waals surface area contributed by atoms with Gasteiger partial charge < -0.3 is 15.7 Å². The van der Waals surface area contributed by atoms with Gasteiger partial charge in [-0.1, -0.05) is 46.3 Å². The van der Waals surface area contributed by atoms with E-state index in [4.69, 9.17) is 5.11 Å². The molecule has 0 fully saturated rings. The molecule has 0 radical (unpaired) electrons. The summed E-state index contributed by atoms with van der Waals surface area (Å²) in [7, 11) is 0. The lowest BCUT2D eigenvalue weighted by Crippen LogP contribution is -2.37. The van der Waals surface area contributed by atoms with Crippen molar-refractivity contribution in [2.75, 3.05) is 6.54 Å². The Morgan fingerprint density at radius 2 is 1.76 bits per heavy atom. The molecule has 2 rings (SSSR count). The van der Waals surface area contributed by atoms with Crippen LogP contribution in [0.1, 0.15) is 15.9 Å². The number of nitrogens with one attached hydrogen (secondary N) is 2. The molecule has 2 aromatic rings. The predicted octanol–water partition coefficient (Wildman–Crippen LogP) is 2.42. The summed E-state index contributed by atoms with van der Waals surface area (Å²) in [6, 6.07) is 15.5. The Hall–Kier alpha value is -2.93. The maximum absolute atomic E-state index is 12.3. The van der Waals surface area contributed by atoms with Gasteiger partial charge in [-0.2, -0.15) is 0 Å². The van der Waals surface area contributed by atoms with E-state index in [-0.39, 0.29) is 5.70 Å². The van der Waals surface area contributed by atoms with Crippen LogP contribution in [0.4, 0.5) is 0 Å². The standard InChI is InChI=1S/C18H15BrN2O4/c19-14-8-4-5-12(9-14)10-15(18(25)20-11-16(22)23)21-17(24)13-6-2-1-3-7-13/h1-10H,11H2,(H,20,25)(H,21,24)(H,22,23)/b15-10-. The second kappa shape index (κ2) is 8.79. The second-order valence-corrected chi connectivity index (χ2v) is 5.93. The molecule has 6 nitrogen and oxygen atoms in total. The van der Waals surface area contributed by atoms with Gasteiger partial charge in [0.2, 0.25) is 0 Å². The summed E-state index contributed by atoms with van der Waals surface area (Å²) < 4.78 is 0.806. The van der Waals surface area contributed by atoms with Crippen molar-refractivity contribution in [3.05, 3.63) is 75.9 Å². The summed E-state index contributed by atoms with van der Waals surface area (Å²) in [6.07, 6.45) is 1.47. The van der Waals surface area contributed by atoms with E-state index in [0.29, 0.717) is 11.1 Å². The molecule has 2 aromatic carbocycles. The first kappa shape index (κ1) is 18.4. The first-order valence-electron chi connectivity index (χ1n) is 7.29. The second-order valence-electron chi connectivity index (χ2n) is 5.01. The van der Waals surface area contributed by atoms with Gasteiger partial charge in [0, 0.05) is 10.0 Å². The van der Waals surface area contributed by atoms with E-state index in [9.17, 15) is 14.4 Å². The van der Waals surface area contributed by atoms with Crippen LogP contribution in [0.25, 0.3) is 6.08 Å². The maximum Gasteiger partial charge on any atom is 0.322 e. The molecule has 2 amide bonds. The summed E-state index contributed by atoms with van der Waals surface area (Å²) >= 11 is 3.33. The lowest BCUT2D eigenvalue weighted by Gasteiger charge is -2.10. The van der Waals surface area contributed by atoms with Crippen LogP contribution >= 0.6 is 15.9 Å². The van der Waals surface area contributed by atoms with Gasteiger partial charge in [0.1, 0.15) is 12.2 Å². The quantitative estimate of drug-likeness (QED) is 0.646. The number of hydrogen-bond acceptors (Lipinski definition) is 3. The molecule has 0 saturated heterocycles. The smallest absolute Gasteiger partial charge is 0.322 e. The molecular weight excluding hydrogens is 388 g/mol. The predicted molar refractivity (Wildman–Crippen MR) is 96.7 cm³/mol. The third-order valence-corrected chi connectivity index (χ3v) is 3.58. The monoisotopic (exact) mass is 402 g/mol. The number of aliphatic carboxylic acids is 1. The summed E-state index contributed by atoms with van der Waals surface area (Å²) in [5, 5.41) is 13.5. The molecule has 0 aromatic heterocycles. The highest BCUT2D eigenvalue weighted by molar-refractivity contribution is 9.10. The lowest BCUT2D eigenvalue weighted by atomic mass is 10.1. The summed E-state index contributed by atoms with van der Waals surface area (Å²) in [4.78, 5) is 35.2. The molecule has 0 heterocycles. The van der Waals surface area contributed by atoms with Crippen molar-refractivity contribution in [2.24, 2.45) is 0 Å². The number of halogens is 1. The summed E-state index contributed by atoms with van der Waals surface area (Å²) in [5.74, 6) is -2.33. The first-order chi connectivity index (χ1) is 12.0. The highest BCUT2D eigenvalue weighted by atomic mass is 79.9. The largest absolute Gasteiger partial charge is 0.480 e. The third kappa shape index (κ3) is 5.89. The van der Waals surface area contributed by atoms with E-state index in [0.717, 1.165) is 4.47 Å². The molecule has 0 spiro atoms. The van der Waals surface area contributed by atoms with Crippen molar-refractivity contribution in [2.45, 2.75) is 0 Å². The Labute approximate surface area is 152 Å². The molecule has 0 aliphatic rings. The van der Waals surface area contributed by atoms with Crippen LogP contribution in [-0.2, 0) is 9.59 Å². The van der Waals surface area contributed by atoms with E-state index in [1.165, 1.54) is 6.08 Å². The topological polar surface area (TPSA) is 95.5 Å². The average Bonchev–Trinajstić information content (AvgIpc) is 2.59. The van der Waals surface area contributed by atoms with Crippen LogP contribution in [0.15, 0.2) is 64.8 Å². The summed E-state index contributed by atoms with van der Waals surface area (Å²) in [5.41, 5.74) is 1.00. The number of amides is 2. The molecule has 0 unspecified atom stereocenters. The van der Waals surface area contributed by atoms with Gasteiger partial charge >= 0.3 is 5.97 Å². The van der Waals surface area contributed by atoms with Crippen LogP contribution in [0.2, 0.25) is 0 Å². The Bertz CT molecular complexity index is 819.